The van der Waals surface area contributed by atoms with Crippen molar-refractivity contribution in [3.05, 3.63) is 52.0 Å². The van der Waals surface area contributed by atoms with Crippen LogP contribution >= 0.6 is 0 Å². The van der Waals surface area contributed by atoms with Gasteiger partial charge in [0.1, 0.15) is 17.0 Å². The van der Waals surface area contributed by atoms with E-state index in [-0.39, 0.29) is 12.2 Å². The number of hydrogen-bond acceptors (Lipinski definition) is 6. The lowest BCUT2D eigenvalue weighted by molar-refractivity contribution is 0.0942. The third-order valence-corrected chi connectivity index (χ3v) is 3.70. The Morgan fingerprint density at radius 2 is 2.12 bits per heavy atom. The van der Waals surface area contributed by atoms with Crippen LogP contribution in [0.15, 0.2) is 33.5 Å². The molecule has 3 rings (SSSR count). The predicted molar refractivity (Wildman–Crippen MR) is 95.1 cm³/mol. The highest BCUT2D eigenvalue weighted by Gasteiger charge is 2.13. The number of rotatable bonds is 6. The minimum atomic E-state index is -0.540. The zero-order valence-electron chi connectivity index (χ0n) is 14.8. The van der Waals surface area contributed by atoms with Gasteiger partial charge in [0.15, 0.2) is 5.58 Å². The summed E-state index contributed by atoms with van der Waals surface area (Å²) >= 11 is 0. The Labute approximate surface area is 149 Å². The van der Waals surface area contributed by atoms with Gasteiger partial charge < -0.3 is 19.5 Å². The Morgan fingerprint density at radius 3 is 2.85 bits per heavy atom. The average molecular weight is 356 g/mol. The van der Waals surface area contributed by atoms with Gasteiger partial charge in [-0.1, -0.05) is 13.8 Å². The van der Waals surface area contributed by atoms with Crippen molar-refractivity contribution in [2.24, 2.45) is 5.92 Å². The Hall–Kier alpha value is -3.16. The molecule has 3 aromatic rings. The van der Waals surface area contributed by atoms with Crippen molar-refractivity contribution >= 4 is 17.0 Å². The van der Waals surface area contributed by atoms with Crippen LogP contribution in [0.1, 0.15) is 35.9 Å². The van der Waals surface area contributed by atoms with Gasteiger partial charge in [0.25, 0.3) is 5.91 Å². The van der Waals surface area contributed by atoms with Crippen molar-refractivity contribution in [1.82, 2.24) is 20.3 Å². The quantitative estimate of drug-likeness (QED) is 0.699. The fraction of sp³-hybridized carbons (Fsp3) is 0.333. The lowest BCUT2D eigenvalue weighted by Crippen LogP contribution is -2.27. The predicted octanol–water partition coefficient (Wildman–Crippen LogP) is 2.05. The van der Waals surface area contributed by atoms with E-state index in [1.54, 1.807) is 31.4 Å². The number of carbonyl (C=O) groups excluding carboxylic acids is 1. The number of nitrogens with one attached hydrogen (secondary N) is 2. The first kappa shape index (κ1) is 17.7. The molecule has 1 aromatic carbocycles. The second-order valence-corrected chi connectivity index (χ2v) is 6.32. The molecule has 0 atom stereocenters. The van der Waals surface area contributed by atoms with Crippen LogP contribution in [0.25, 0.3) is 11.1 Å². The number of aromatic nitrogens is 3. The summed E-state index contributed by atoms with van der Waals surface area (Å²) in [5.74, 6) is 0.919. The number of nitrogens with zero attached hydrogens (tertiary/aromatic N) is 2. The third kappa shape index (κ3) is 4.08. The third-order valence-electron chi connectivity index (χ3n) is 3.70. The van der Waals surface area contributed by atoms with Crippen molar-refractivity contribution < 1.29 is 13.9 Å². The number of hydrogen-bond donors (Lipinski definition) is 2. The highest BCUT2D eigenvalue weighted by molar-refractivity contribution is 5.92. The lowest BCUT2D eigenvalue weighted by Gasteiger charge is -2.06. The summed E-state index contributed by atoms with van der Waals surface area (Å²) in [5.41, 5.74) is 1.45. The number of H-pyrrole nitrogens is 1. The van der Waals surface area contributed by atoms with E-state index in [0.29, 0.717) is 40.8 Å². The van der Waals surface area contributed by atoms with Gasteiger partial charge in [0, 0.05) is 11.8 Å². The fourth-order valence-electron chi connectivity index (χ4n) is 2.58. The number of benzene rings is 1. The Kier molecular flexibility index (Phi) is 5.01. The molecule has 136 valence electrons. The van der Waals surface area contributed by atoms with Gasteiger partial charge in [-0.2, -0.15) is 4.98 Å². The summed E-state index contributed by atoms with van der Waals surface area (Å²) in [6.45, 7) is 4.14. The molecule has 0 aliphatic rings. The molecule has 0 radical (unpaired) electrons. The number of oxazole rings is 1. The van der Waals surface area contributed by atoms with Crippen molar-refractivity contribution in [2.45, 2.75) is 26.8 Å². The van der Waals surface area contributed by atoms with Crippen LogP contribution in [-0.2, 0) is 13.0 Å². The minimum absolute atomic E-state index is 0.0715. The zero-order valence-corrected chi connectivity index (χ0v) is 14.8. The summed E-state index contributed by atoms with van der Waals surface area (Å²) in [5, 5.41) is 2.67. The van der Waals surface area contributed by atoms with Crippen molar-refractivity contribution in [3.8, 4) is 5.75 Å². The Balaban J connectivity index is 1.72. The molecule has 0 saturated heterocycles. The van der Waals surface area contributed by atoms with E-state index < -0.39 is 11.6 Å². The molecule has 0 aliphatic carbocycles. The van der Waals surface area contributed by atoms with E-state index in [9.17, 15) is 9.59 Å². The average Bonchev–Trinajstić information content (AvgIpc) is 3.00. The number of amides is 1. The topological polar surface area (TPSA) is 110 Å². The summed E-state index contributed by atoms with van der Waals surface area (Å²) in [7, 11) is 1.57. The summed E-state index contributed by atoms with van der Waals surface area (Å²) in [6.07, 6.45) is 0.658. The maximum atomic E-state index is 12.3. The first-order valence-electron chi connectivity index (χ1n) is 8.26. The SMILES string of the molecule is COc1ccc2oc(CNC(=O)c3cc(CC(C)C)[nH]c(=O)n3)nc2c1. The lowest BCUT2D eigenvalue weighted by atomic mass is 10.1. The van der Waals surface area contributed by atoms with Crippen LogP contribution < -0.4 is 15.7 Å². The standard InChI is InChI=1S/C18H20N4O4/c1-10(2)6-11-7-14(22-18(24)20-11)17(23)19-9-16-21-13-8-12(25-3)4-5-15(13)26-16/h4-5,7-8,10H,6,9H2,1-3H3,(H,19,23)(H,20,22,24). The smallest absolute Gasteiger partial charge is 0.345 e. The van der Waals surface area contributed by atoms with Crippen molar-refractivity contribution in [3.63, 3.8) is 0 Å². The maximum Gasteiger partial charge on any atom is 0.345 e. The zero-order chi connectivity index (χ0) is 18.7. The van der Waals surface area contributed by atoms with Crippen LogP contribution in [0.3, 0.4) is 0 Å². The second kappa shape index (κ2) is 7.38. The molecule has 0 spiro atoms. The van der Waals surface area contributed by atoms with Gasteiger partial charge in [0.2, 0.25) is 5.89 Å². The maximum absolute atomic E-state index is 12.3. The van der Waals surface area contributed by atoms with E-state index in [1.807, 2.05) is 13.8 Å². The second-order valence-electron chi connectivity index (χ2n) is 6.32. The first-order valence-corrected chi connectivity index (χ1v) is 8.26. The summed E-state index contributed by atoms with van der Waals surface area (Å²) in [6, 6.07) is 6.86. The molecule has 0 aliphatic heterocycles. The highest BCUT2D eigenvalue weighted by atomic mass is 16.5. The molecule has 1 amide bonds. The normalized spacial score (nSPS) is 11.1. The van der Waals surface area contributed by atoms with Crippen LogP contribution in [0.2, 0.25) is 0 Å². The number of ether oxygens (including phenoxy) is 1. The number of methoxy groups -OCH3 is 1. The number of fused-ring (bicyclic) bond motifs is 1. The minimum Gasteiger partial charge on any atom is -0.497 e. The van der Waals surface area contributed by atoms with Crippen LogP contribution in [0, 0.1) is 5.92 Å². The molecule has 2 aromatic heterocycles. The highest BCUT2D eigenvalue weighted by Crippen LogP contribution is 2.21. The largest absolute Gasteiger partial charge is 0.497 e. The van der Waals surface area contributed by atoms with E-state index >= 15 is 0 Å². The molecule has 8 nitrogen and oxygen atoms in total. The van der Waals surface area contributed by atoms with E-state index in [2.05, 4.69) is 20.3 Å². The Morgan fingerprint density at radius 1 is 1.31 bits per heavy atom. The monoisotopic (exact) mass is 356 g/mol. The van der Waals surface area contributed by atoms with E-state index in [0.717, 1.165) is 0 Å². The molecule has 0 unspecified atom stereocenters. The van der Waals surface area contributed by atoms with Gasteiger partial charge >= 0.3 is 5.69 Å². The molecule has 0 bridgehead atoms. The molecule has 2 N–H and O–H groups in total. The fourth-order valence-corrected chi connectivity index (χ4v) is 2.58. The summed E-state index contributed by atoms with van der Waals surface area (Å²) < 4.78 is 10.7. The first-order chi connectivity index (χ1) is 12.4. The molecular formula is C18H20N4O4. The van der Waals surface area contributed by atoms with Gasteiger partial charge in [-0.15, -0.1) is 0 Å². The van der Waals surface area contributed by atoms with Crippen LogP contribution in [0.4, 0.5) is 0 Å². The van der Waals surface area contributed by atoms with Crippen molar-refractivity contribution in [2.75, 3.05) is 7.11 Å². The molecule has 2 heterocycles. The van der Waals surface area contributed by atoms with E-state index in [1.165, 1.54) is 0 Å². The molecular weight excluding hydrogens is 336 g/mol. The summed E-state index contributed by atoms with van der Waals surface area (Å²) in [4.78, 5) is 34.7. The molecule has 0 fully saturated rings. The number of aromatic amines is 1. The number of carbonyl (C=O) groups is 1. The van der Waals surface area contributed by atoms with Gasteiger partial charge in [-0.25, -0.2) is 9.78 Å². The van der Waals surface area contributed by atoms with Gasteiger partial charge in [-0.3, -0.25) is 4.79 Å². The molecule has 0 saturated carbocycles. The molecule has 26 heavy (non-hydrogen) atoms. The van der Waals surface area contributed by atoms with Gasteiger partial charge in [-0.05, 0) is 30.5 Å². The van der Waals surface area contributed by atoms with Crippen molar-refractivity contribution in [1.29, 1.82) is 0 Å². The Bertz CT molecular complexity index is 990. The van der Waals surface area contributed by atoms with Crippen LogP contribution in [0.5, 0.6) is 5.75 Å². The van der Waals surface area contributed by atoms with Crippen LogP contribution in [-0.4, -0.2) is 28.0 Å². The van der Waals surface area contributed by atoms with E-state index in [4.69, 9.17) is 9.15 Å². The van der Waals surface area contributed by atoms with Gasteiger partial charge in [0.05, 0.1) is 13.7 Å². The molecule has 8 heteroatoms.